The van der Waals surface area contributed by atoms with Crippen molar-refractivity contribution < 1.29 is 14.6 Å². The molecule has 0 bridgehead atoms. The van der Waals surface area contributed by atoms with Crippen LogP contribution in [-0.4, -0.2) is 43.2 Å². The van der Waals surface area contributed by atoms with Crippen LogP contribution in [0, 0.1) is 0 Å². The van der Waals surface area contributed by atoms with Gasteiger partial charge in [0.1, 0.15) is 0 Å². The lowest BCUT2D eigenvalue weighted by atomic mass is 10.1. The van der Waals surface area contributed by atoms with Crippen LogP contribution in [0.25, 0.3) is 0 Å². The van der Waals surface area contributed by atoms with E-state index in [4.69, 9.17) is 4.74 Å². The molecule has 1 saturated heterocycles. The molecule has 13 heavy (non-hydrogen) atoms. The molecule has 76 valence electrons. The summed E-state index contributed by atoms with van der Waals surface area (Å²) in [7, 11) is 0. The number of ether oxygens (including phenoxy) is 1. The maximum absolute atomic E-state index is 10.1. The van der Waals surface area contributed by atoms with Crippen LogP contribution < -0.4 is 5.11 Å². The van der Waals surface area contributed by atoms with E-state index in [0.29, 0.717) is 0 Å². The average Bonchev–Trinajstić information content (AvgIpc) is 2.15. The van der Waals surface area contributed by atoms with Gasteiger partial charge in [-0.25, -0.2) is 0 Å². The third-order valence-corrected chi connectivity index (χ3v) is 2.42. The van der Waals surface area contributed by atoms with Crippen LogP contribution >= 0.6 is 0 Å². The largest absolute Gasteiger partial charge is 0.548 e. The molecule has 0 unspecified atom stereocenters. The van der Waals surface area contributed by atoms with Gasteiger partial charge < -0.3 is 19.5 Å². The minimum Gasteiger partial charge on any atom is -0.548 e. The summed E-state index contributed by atoms with van der Waals surface area (Å²) in [5.41, 5.74) is 0. The molecule has 0 amide bonds. The molecule has 0 N–H and O–H groups in total. The minimum absolute atomic E-state index is 0.112. The number of aliphatic carboxylic acids is 1. The number of hydrogen-bond acceptors (Lipinski definition) is 4. The summed E-state index contributed by atoms with van der Waals surface area (Å²) in [5, 5.41) is 10.1. The second-order valence-electron chi connectivity index (χ2n) is 3.32. The van der Waals surface area contributed by atoms with Gasteiger partial charge in [0.05, 0.1) is 18.7 Å². The topological polar surface area (TPSA) is 52.6 Å². The molecule has 0 aliphatic carbocycles. The molecule has 0 saturated carbocycles. The van der Waals surface area contributed by atoms with E-state index in [9.17, 15) is 9.90 Å². The summed E-state index contributed by atoms with van der Waals surface area (Å²) in [6.07, 6.45) is 1.98. The minimum atomic E-state index is -1.13. The Labute approximate surface area is 78.5 Å². The summed E-state index contributed by atoms with van der Waals surface area (Å²) < 4.78 is 5.15. The van der Waals surface area contributed by atoms with Gasteiger partial charge in [-0.05, 0) is 19.4 Å². The number of likely N-dealkylation sites (tertiary alicyclic amines) is 1. The van der Waals surface area contributed by atoms with Crippen LogP contribution in [0.4, 0.5) is 0 Å². The highest BCUT2D eigenvalue weighted by molar-refractivity contribution is 5.65. The van der Waals surface area contributed by atoms with Crippen molar-refractivity contribution in [2.24, 2.45) is 0 Å². The number of rotatable bonds is 4. The smallest absolute Gasteiger partial charge is 0.0865 e. The van der Waals surface area contributed by atoms with E-state index >= 15 is 0 Å². The molecular formula is C9H16NO3-. The van der Waals surface area contributed by atoms with Gasteiger partial charge >= 0.3 is 0 Å². The molecular weight excluding hydrogens is 170 g/mol. The van der Waals surface area contributed by atoms with Crippen LogP contribution in [-0.2, 0) is 9.53 Å². The Balaban J connectivity index is 2.14. The molecule has 4 nitrogen and oxygen atoms in total. The number of carbonyl (C=O) groups is 1. The number of hydrogen-bond donors (Lipinski definition) is 0. The van der Waals surface area contributed by atoms with Crippen molar-refractivity contribution in [1.82, 2.24) is 4.90 Å². The van der Waals surface area contributed by atoms with Crippen molar-refractivity contribution >= 4 is 5.97 Å². The van der Waals surface area contributed by atoms with Crippen molar-refractivity contribution in [3.63, 3.8) is 0 Å². The lowest BCUT2D eigenvalue weighted by Crippen LogP contribution is -2.38. The van der Waals surface area contributed by atoms with Crippen molar-refractivity contribution in [1.29, 1.82) is 0 Å². The first-order chi connectivity index (χ1) is 6.22. The van der Waals surface area contributed by atoms with E-state index < -0.39 is 5.97 Å². The Kier molecular flexibility index (Phi) is 4.18. The van der Waals surface area contributed by atoms with Crippen molar-refractivity contribution in [3.8, 4) is 0 Å². The van der Waals surface area contributed by atoms with Crippen LogP contribution in [0.1, 0.15) is 19.8 Å². The number of nitrogens with zero attached hydrogens (tertiary/aromatic N) is 1. The number of carbonyl (C=O) groups excluding carboxylic acids is 1. The van der Waals surface area contributed by atoms with Gasteiger partial charge in [0, 0.05) is 13.1 Å². The number of carboxylic acid groups (broad SMARTS) is 1. The van der Waals surface area contributed by atoms with Gasteiger partial charge in [0.15, 0.2) is 0 Å². The van der Waals surface area contributed by atoms with Crippen LogP contribution in [0.15, 0.2) is 0 Å². The Morgan fingerprint density at radius 1 is 1.54 bits per heavy atom. The van der Waals surface area contributed by atoms with Gasteiger partial charge in [0.25, 0.3) is 0 Å². The first-order valence-electron chi connectivity index (χ1n) is 4.76. The highest BCUT2D eigenvalue weighted by Gasteiger charge is 2.17. The Morgan fingerprint density at radius 3 is 2.62 bits per heavy atom. The van der Waals surface area contributed by atoms with E-state index in [1.165, 1.54) is 0 Å². The summed E-state index contributed by atoms with van der Waals surface area (Å²) >= 11 is 0. The summed E-state index contributed by atoms with van der Waals surface area (Å²) in [6.45, 7) is 4.94. The molecule has 1 aliphatic heterocycles. The quantitative estimate of drug-likeness (QED) is 0.579. The number of piperidine rings is 1. The summed E-state index contributed by atoms with van der Waals surface area (Å²) in [4.78, 5) is 12.4. The van der Waals surface area contributed by atoms with Crippen molar-refractivity contribution in [2.45, 2.75) is 25.9 Å². The monoisotopic (exact) mass is 186 g/mol. The first kappa shape index (κ1) is 10.5. The Hall–Kier alpha value is -0.610. The van der Waals surface area contributed by atoms with E-state index in [1.807, 2.05) is 0 Å². The van der Waals surface area contributed by atoms with Gasteiger partial charge in [0.2, 0.25) is 0 Å². The normalized spacial score (nSPS) is 20.4. The maximum Gasteiger partial charge on any atom is 0.0865 e. The summed E-state index contributed by atoms with van der Waals surface area (Å²) in [6, 6.07) is 0. The van der Waals surface area contributed by atoms with Gasteiger partial charge in [-0.15, -0.1) is 0 Å². The second kappa shape index (κ2) is 5.19. The zero-order chi connectivity index (χ0) is 9.68. The fourth-order valence-electron chi connectivity index (χ4n) is 1.58. The van der Waals surface area contributed by atoms with E-state index in [1.54, 1.807) is 0 Å². The third-order valence-electron chi connectivity index (χ3n) is 2.42. The van der Waals surface area contributed by atoms with Crippen LogP contribution in [0.3, 0.4) is 0 Å². The number of carboxylic acids is 1. The predicted molar refractivity (Wildman–Crippen MR) is 46.1 cm³/mol. The predicted octanol–water partition coefficient (Wildman–Crippen LogP) is -0.763. The summed E-state index contributed by atoms with van der Waals surface area (Å²) in [5.74, 6) is -1.13. The van der Waals surface area contributed by atoms with Crippen LogP contribution in [0.5, 0.6) is 0 Å². The molecule has 0 aromatic rings. The average molecular weight is 186 g/mol. The molecule has 0 aromatic carbocycles. The third kappa shape index (κ3) is 3.74. The van der Waals surface area contributed by atoms with E-state index in [0.717, 1.165) is 32.5 Å². The van der Waals surface area contributed by atoms with Crippen LogP contribution in [0.2, 0.25) is 0 Å². The lowest BCUT2D eigenvalue weighted by molar-refractivity contribution is -0.310. The zero-order valence-corrected chi connectivity index (χ0v) is 7.99. The maximum atomic E-state index is 10.1. The fourth-order valence-corrected chi connectivity index (χ4v) is 1.58. The molecule has 1 heterocycles. The van der Waals surface area contributed by atoms with Gasteiger partial charge in [-0.1, -0.05) is 6.92 Å². The Morgan fingerprint density at radius 2 is 2.15 bits per heavy atom. The highest BCUT2D eigenvalue weighted by atomic mass is 16.5. The van der Waals surface area contributed by atoms with E-state index in [2.05, 4.69) is 11.8 Å². The molecule has 4 heteroatoms. The SMILES string of the molecule is CCN1CCC(OCC(=O)[O-])CC1. The van der Waals surface area contributed by atoms with Gasteiger partial charge in [-0.3, -0.25) is 0 Å². The molecule has 1 aliphatic rings. The Bertz CT molecular complexity index is 164. The molecule has 1 fully saturated rings. The molecule has 0 spiro atoms. The zero-order valence-electron chi connectivity index (χ0n) is 7.99. The molecule has 0 atom stereocenters. The molecule has 0 aromatic heterocycles. The molecule has 0 radical (unpaired) electrons. The lowest BCUT2D eigenvalue weighted by Gasteiger charge is -2.30. The second-order valence-corrected chi connectivity index (χ2v) is 3.32. The highest BCUT2D eigenvalue weighted by Crippen LogP contribution is 2.12. The van der Waals surface area contributed by atoms with Crippen molar-refractivity contribution in [2.75, 3.05) is 26.2 Å². The molecule has 1 rings (SSSR count). The first-order valence-corrected chi connectivity index (χ1v) is 4.76. The fraction of sp³-hybridized carbons (Fsp3) is 0.889. The van der Waals surface area contributed by atoms with Crippen molar-refractivity contribution in [3.05, 3.63) is 0 Å². The van der Waals surface area contributed by atoms with Gasteiger partial charge in [-0.2, -0.15) is 0 Å². The standard InChI is InChI=1S/C9H17NO3/c1-2-10-5-3-8(4-6-10)13-7-9(11)12/h8H,2-7H2,1H3,(H,11,12)/p-1. The van der Waals surface area contributed by atoms with E-state index in [-0.39, 0.29) is 12.7 Å².